The monoisotopic (exact) mass is 452 g/mol. The van der Waals surface area contributed by atoms with Crippen LogP contribution in [0.1, 0.15) is 41.7 Å². The quantitative estimate of drug-likeness (QED) is 0.445. The Hall–Kier alpha value is -3.25. The molecule has 1 aromatic heterocycles. The van der Waals surface area contributed by atoms with Crippen molar-refractivity contribution in [1.29, 1.82) is 0 Å². The third kappa shape index (κ3) is 4.97. The third-order valence-electron chi connectivity index (χ3n) is 5.60. The van der Waals surface area contributed by atoms with Crippen molar-refractivity contribution in [2.75, 3.05) is 12.0 Å². The Kier molecular flexibility index (Phi) is 6.81. The highest BCUT2D eigenvalue weighted by Crippen LogP contribution is 2.38. The number of carbonyl (C=O) groups is 1. The van der Waals surface area contributed by atoms with Crippen LogP contribution in [0.25, 0.3) is 0 Å². The van der Waals surface area contributed by atoms with Crippen LogP contribution in [-0.4, -0.2) is 29.3 Å². The van der Waals surface area contributed by atoms with E-state index in [1.54, 1.807) is 43.6 Å². The first-order chi connectivity index (χ1) is 15.5. The minimum Gasteiger partial charge on any atom is -0.493 e. The Bertz CT molecular complexity index is 1100. The lowest BCUT2D eigenvalue weighted by Crippen LogP contribution is -2.19. The normalized spacial score (nSPS) is 13.7. The van der Waals surface area contributed by atoms with Crippen LogP contribution in [0.4, 0.5) is 11.4 Å². The predicted octanol–water partition coefficient (Wildman–Crippen LogP) is 6.10. The lowest BCUT2D eigenvalue weighted by atomic mass is 10.1. The first-order valence-electron chi connectivity index (χ1n) is 10.6. The van der Waals surface area contributed by atoms with E-state index < -0.39 is 5.97 Å². The molecule has 1 saturated carbocycles. The molecule has 0 aliphatic heterocycles. The molecular weight excluding hydrogens is 428 g/mol. The number of pyridine rings is 1. The predicted molar refractivity (Wildman–Crippen MR) is 124 cm³/mol. The molecule has 0 radical (unpaired) electrons. The fourth-order valence-electron chi connectivity index (χ4n) is 3.93. The van der Waals surface area contributed by atoms with Crippen LogP contribution in [0.3, 0.4) is 0 Å². The molecular formula is C25H25ClN2O4. The van der Waals surface area contributed by atoms with Crippen molar-refractivity contribution < 1.29 is 19.4 Å². The van der Waals surface area contributed by atoms with Gasteiger partial charge in [-0.15, -0.1) is 0 Å². The van der Waals surface area contributed by atoms with E-state index in [2.05, 4.69) is 4.98 Å². The Morgan fingerprint density at radius 3 is 2.59 bits per heavy atom. The van der Waals surface area contributed by atoms with E-state index in [9.17, 15) is 9.90 Å². The van der Waals surface area contributed by atoms with Crippen molar-refractivity contribution in [3.63, 3.8) is 0 Å². The van der Waals surface area contributed by atoms with Gasteiger partial charge >= 0.3 is 5.97 Å². The number of anilines is 2. The fourth-order valence-corrected chi connectivity index (χ4v) is 4.12. The second-order valence-corrected chi connectivity index (χ2v) is 8.14. The number of benzene rings is 2. The van der Waals surface area contributed by atoms with E-state index in [4.69, 9.17) is 21.1 Å². The average Bonchev–Trinajstić information content (AvgIpc) is 3.32. The van der Waals surface area contributed by atoms with Crippen LogP contribution in [0.2, 0.25) is 5.02 Å². The molecule has 166 valence electrons. The minimum atomic E-state index is -0.984. The first kappa shape index (κ1) is 22.0. The van der Waals surface area contributed by atoms with E-state index in [0.717, 1.165) is 18.5 Å². The molecule has 7 heteroatoms. The number of halogens is 1. The molecule has 1 aliphatic rings. The summed E-state index contributed by atoms with van der Waals surface area (Å²) in [7, 11) is 1.62. The summed E-state index contributed by atoms with van der Waals surface area (Å²) >= 11 is 6.39. The molecule has 32 heavy (non-hydrogen) atoms. The molecule has 0 saturated heterocycles. The summed E-state index contributed by atoms with van der Waals surface area (Å²) in [4.78, 5) is 18.0. The maximum atomic E-state index is 11.6. The van der Waals surface area contributed by atoms with Gasteiger partial charge in [-0.25, -0.2) is 4.79 Å². The number of hydrogen-bond donors (Lipinski definition) is 1. The zero-order valence-corrected chi connectivity index (χ0v) is 18.6. The van der Waals surface area contributed by atoms with Crippen LogP contribution in [0, 0.1) is 0 Å². The Balaban J connectivity index is 1.76. The average molecular weight is 453 g/mol. The molecule has 6 nitrogen and oxygen atoms in total. The molecule has 1 N–H and O–H groups in total. The van der Waals surface area contributed by atoms with Gasteiger partial charge in [-0.2, -0.15) is 0 Å². The van der Waals surface area contributed by atoms with Gasteiger partial charge in [-0.3, -0.25) is 4.98 Å². The third-order valence-corrected chi connectivity index (χ3v) is 5.95. The number of methoxy groups -OCH3 is 1. The Morgan fingerprint density at radius 2 is 1.88 bits per heavy atom. The summed E-state index contributed by atoms with van der Waals surface area (Å²) in [6.07, 6.45) is 6.25. The molecule has 1 aliphatic carbocycles. The standard InChI is InChI=1S/C25H25ClN2O4/c1-31-23-12-11-19(15-24(23)32-20-8-2-3-9-20)28(16-22-21(26)10-5-13-27-22)18-7-4-6-17(14-18)25(29)30/h4-7,10-15,20H,2-3,8-9,16H2,1H3,(H,29,30). The van der Waals surface area contributed by atoms with Crippen molar-refractivity contribution in [2.45, 2.75) is 38.3 Å². The fraction of sp³-hybridized carbons (Fsp3) is 0.280. The van der Waals surface area contributed by atoms with Crippen LogP contribution >= 0.6 is 11.6 Å². The number of rotatable bonds is 8. The largest absolute Gasteiger partial charge is 0.493 e. The molecule has 0 spiro atoms. The van der Waals surface area contributed by atoms with E-state index in [0.29, 0.717) is 34.4 Å². The summed E-state index contributed by atoms with van der Waals surface area (Å²) in [6.45, 7) is 0.359. The number of carboxylic acids is 1. The highest BCUT2D eigenvalue weighted by atomic mass is 35.5. The Labute approximate surface area is 192 Å². The van der Waals surface area contributed by atoms with Crippen molar-refractivity contribution in [3.8, 4) is 11.5 Å². The summed E-state index contributed by atoms with van der Waals surface area (Å²) < 4.78 is 11.8. The van der Waals surface area contributed by atoms with Gasteiger partial charge in [0.05, 0.1) is 36.0 Å². The number of carboxylic acid groups (broad SMARTS) is 1. The summed E-state index contributed by atoms with van der Waals surface area (Å²) in [5.41, 5.74) is 2.42. The summed E-state index contributed by atoms with van der Waals surface area (Å²) in [5.74, 6) is 0.349. The zero-order valence-electron chi connectivity index (χ0n) is 17.8. The van der Waals surface area contributed by atoms with Gasteiger partial charge in [0.2, 0.25) is 0 Å². The number of aromatic carboxylic acids is 1. The lowest BCUT2D eigenvalue weighted by Gasteiger charge is -2.27. The van der Waals surface area contributed by atoms with E-state index >= 15 is 0 Å². The molecule has 3 aromatic rings. The van der Waals surface area contributed by atoms with Gasteiger partial charge in [0, 0.05) is 23.6 Å². The van der Waals surface area contributed by atoms with Crippen LogP contribution in [0.15, 0.2) is 60.8 Å². The molecule has 0 unspecified atom stereocenters. The summed E-state index contributed by atoms with van der Waals surface area (Å²) in [5, 5.41) is 10.0. The molecule has 4 rings (SSSR count). The number of hydrogen-bond acceptors (Lipinski definition) is 5. The van der Waals surface area contributed by atoms with Crippen LogP contribution in [0.5, 0.6) is 11.5 Å². The number of aromatic nitrogens is 1. The smallest absolute Gasteiger partial charge is 0.335 e. The van der Waals surface area contributed by atoms with E-state index in [-0.39, 0.29) is 11.7 Å². The number of ether oxygens (including phenoxy) is 2. The molecule has 0 atom stereocenters. The number of nitrogens with zero attached hydrogens (tertiary/aromatic N) is 2. The van der Waals surface area contributed by atoms with Gasteiger partial charge in [-0.1, -0.05) is 17.7 Å². The van der Waals surface area contributed by atoms with Gasteiger partial charge in [0.25, 0.3) is 0 Å². The maximum Gasteiger partial charge on any atom is 0.335 e. The maximum absolute atomic E-state index is 11.6. The van der Waals surface area contributed by atoms with Crippen LogP contribution < -0.4 is 14.4 Å². The van der Waals surface area contributed by atoms with Crippen LogP contribution in [-0.2, 0) is 6.54 Å². The van der Waals surface area contributed by atoms with Crippen molar-refractivity contribution in [2.24, 2.45) is 0 Å². The van der Waals surface area contributed by atoms with Crippen molar-refractivity contribution in [1.82, 2.24) is 4.98 Å². The molecule has 2 aromatic carbocycles. The molecule has 0 bridgehead atoms. The first-order valence-corrected chi connectivity index (χ1v) is 11.0. The van der Waals surface area contributed by atoms with Gasteiger partial charge in [0.15, 0.2) is 11.5 Å². The molecule has 1 fully saturated rings. The summed E-state index contributed by atoms with van der Waals surface area (Å²) in [6, 6.07) is 16.1. The van der Waals surface area contributed by atoms with Gasteiger partial charge in [0.1, 0.15) is 0 Å². The van der Waals surface area contributed by atoms with E-state index in [1.165, 1.54) is 12.8 Å². The van der Waals surface area contributed by atoms with Crippen molar-refractivity contribution in [3.05, 3.63) is 77.1 Å². The zero-order chi connectivity index (χ0) is 22.5. The topological polar surface area (TPSA) is 71.9 Å². The van der Waals surface area contributed by atoms with Gasteiger partial charge in [-0.05, 0) is 68.1 Å². The highest BCUT2D eigenvalue weighted by molar-refractivity contribution is 6.31. The highest BCUT2D eigenvalue weighted by Gasteiger charge is 2.21. The SMILES string of the molecule is COc1ccc(N(Cc2ncccc2Cl)c2cccc(C(=O)O)c2)cc1OC1CCCC1. The Morgan fingerprint density at radius 1 is 1.09 bits per heavy atom. The van der Waals surface area contributed by atoms with Crippen molar-refractivity contribution >= 4 is 28.9 Å². The minimum absolute atomic E-state index is 0.174. The molecule has 1 heterocycles. The van der Waals surface area contributed by atoms with E-state index in [1.807, 2.05) is 29.2 Å². The second kappa shape index (κ2) is 9.92. The second-order valence-electron chi connectivity index (χ2n) is 7.73. The molecule has 0 amide bonds. The lowest BCUT2D eigenvalue weighted by molar-refractivity contribution is 0.0697. The van der Waals surface area contributed by atoms with Gasteiger partial charge < -0.3 is 19.5 Å².